The average Bonchev–Trinajstić information content (AvgIpc) is 2.88. The first kappa shape index (κ1) is 14.3. The predicted octanol–water partition coefficient (Wildman–Crippen LogP) is 3.96. The number of halogens is 1. The molecular formula is C15H15ClN6. The van der Waals surface area contributed by atoms with Crippen LogP contribution >= 0.6 is 11.6 Å². The van der Waals surface area contributed by atoms with Crippen molar-refractivity contribution in [2.24, 2.45) is 0 Å². The van der Waals surface area contributed by atoms with Crippen LogP contribution in [0.2, 0.25) is 5.02 Å². The maximum atomic E-state index is 5.96. The van der Waals surface area contributed by atoms with Gasteiger partial charge >= 0.3 is 0 Å². The Morgan fingerprint density at radius 2 is 1.77 bits per heavy atom. The molecule has 0 aliphatic heterocycles. The Morgan fingerprint density at radius 1 is 1.00 bits per heavy atom. The molecule has 2 heterocycles. The van der Waals surface area contributed by atoms with Gasteiger partial charge in [-0.15, -0.1) is 0 Å². The number of rotatable bonds is 4. The van der Waals surface area contributed by atoms with Gasteiger partial charge in [-0.3, -0.25) is 10.1 Å². The van der Waals surface area contributed by atoms with E-state index in [0.717, 1.165) is 16.9 Å². The number of anilines is 4. The van der Waals surface area contributed by atoms with E-state index in [2.05, 4.69) is 30.8 Å². The normalized spacial score (nSPS) is 10.5. The number of nitrogens with zero attached hydrogens (tertiary/aromatic N) is 3. The molecule has 0 saturated carbocycles. The average molecular weight is 315 g/mol. The molecule has 2 aromatic heterocycles. The molecule has 112 valence electrons. The van der Waals surface area contributed by atoms with Crippen molar-refractivity contribution in [1.29, 1.82) is 0 Å². The zero-order valence-electron chi connectivity index (χ0n) is 12.2. The molecule has 3 rings (SSSR count). The molecule has 0 spiro atoms. The first-order chi connectivity index (χ1) is 10.6. The fraction of sp³-hybridized carbons (Fsp3) is 0.133. The zero-order chi connectivity index (χ0) is 15.5. The summed E-state index contributed by atoms with van der Waals surface area (Å²) >= 11 is 5.96. The summed E-state index contributed by atoms with van der Waals surface area (Å²) in [6.07, 6.45) is 3.30. The topological polar surface area (TPSA) is 78.5 Å². The number of hydrogen-bond donors (Lipinski definition) is 3. The van der Waals surface area contributed by atoms with Gasteiger partial charge in [-0.1, -0.05) is 11.6 Å². The molecule has 0 amide bonds. The molecule has 0 aliphatic carbocycles. The third-order valence-corrected chi connectivity index (χ3v) is 3.28. The van der Waals surface area contributed by atoms with Crippen molar-refractivity contribution < 1.29 is 0 Å². The Kier molecular flexibility index (Phi) is 3.93. The van der Waals surface area contributed by atoms with E-state index in [0.29, 0.717) is 22.5 Å². The second-order valence-corrected chi connectivity index (χ2v) is 5.37. The van der Waals surface area contributed by atoms with E-state index in [1.54, 1.807) is 12.4 Å². The quantitative estimate of drug-likeness (QED) is 0.679. The molecule has 22 heavy (non-hydrogen) atoms. The van der Waals surface area contributed by atoms with Gasteiger partial charge in [0.15, 0.2) is 17.5 Å². The molecule has 3 N–H and O–H groups in total. The van der Waals surface area contributed by atoms with Gasteiger partial charge in [0.25, 0.3) is 0 Å². The largest absolute Gasteiger partial charge is 0.339 e. The van der Waals surface area contributed by atoms with Crippen molar-refractivity contribution in [2.75, 3.05) is 10.6 Å². The maximum absolute atomic E-state index is 5.96. The van der Waals surface area contributed by atoms with Crippen LogP contribution in [0.3, 0.4) is 0 Å². The molecule has 3 aromatic rings. The van der Waals surface area contributed by atoms with Gasteiger partial charge < -0.3 is 10.6 Å². The molecule has 0 radical (unpaired) electrons. The number of nitrogens with one attached hydrogen (secondary N) is 3. The van der Waals surface area contributed by atoms with Crippen molar-refractivity contribution in [3.05, 3.63) is 52.9 Å². The summed E-state index contributed by atoms with van der Waals surface area (Å²) in [5, 5.41) is 14.0. The van der Waals surface area contributed by atoms with E-state index >= 15 is 0 Å². The van der Waals surface area contributed by atoms with E-state index in [-0.39, 0.29) is 0 Å². The summed E-state index contributed by atoms with van der Waals surface area (Å²) in [6, 6.07) is 7.53. The third kappa shape index (κ3) is 3.35. The van der Waals surface area contributed by atoms with Crippen LogP contribution in [0.1, 0.15) is 11.3 Å². The summed E-state index contributed by atoms with van der Waals surface area (Å²) in [7, 11) is 0. The Labute approximate surface area is 133 Å². The summed E-state index contributed by atoms with van der Waals surface area (Å²) in [5.41, 5.74) is 2.95. The minimum absolute atomic E-state index is 0.614. The van der Waals surface area contributed by atoms with Crippen molar-refractivity contribution in [3.8, 4) is 0 Å². The number of aromatic amines is 1. The number of H-pyrrole nitrogens is 1. The van der Waals surface area contributed by atoms with Crippen LogP contribution in [0.25, 0.3) is 0 Å². The van der Waals surface area contributed by atoms with Crippen LogP contribution in [-0.2, 0) is 0 Å². The minimum atomic E-state index is 0.614. The third-order valence-electron chi connectivity index (χ3n) is 3.05. The highest BCUT2D eigenvalue weighted by atomic mass is 35.5. The van der Waals surface area contributed by atoms with Crippen LogP contribution in [0.15, 0.2) is 36.7 Å². The minimum Gasteiger partial charge on any atom is -0.339 e. The van der Waals surface area contributed by atoms with Crippen molar-refractivity contribution in [1.82, 2.24) is 20.2 Å². The molecule has 0 saturated heterocycles. The van der Waals surface area contributed by atoms with Gasteiger partial charge in [-0.05, 0) is 37.6 Å². The maximum Gasteiger partial charge on any atom is 0.153 e. The van der Waals surface area contributed by atoms with Crippen molar-refractivity contribution >= 4 is 34.7 Å². The van der Waals surface area contributed by atoms with Crippen LogP contribution in [0.4, 0.5) is 23.1 Å². The molecule has 0 bridgehead atoms. The highest BCUT2D eigenvalue weighted by molar-refractivity contribution is 6.30. The predicted molar refractivity (Wildman–Crippen MR) is 88.1 cm³/mol. The zero-order valence-corrected chi connectivity index (χ0v) is 12.9. The van der Waals surface area contributed by atoms with Gasteiger partial charge in [0, 0.05) is 22.5 Å². The lowest BCUT2D eigenvalue weighted by Crippen LogP contribution is -2.00. The van der Waals surface area contributed by atoms with Gasteiger partial charge in [0.05, 0.1) is 12.4 Å². The van der Waals surface area contributed by atoms with Gasteiger partial charge in [-0.2, -0.15) is 5.10 Å². The van der Waals surface area contributed by atoms with Crippen molar-refractivity contribution in [2.45, 2.75) is 13.8 Å². The summed E-state index contributed by atoms with van der Waals surface area (Å²) in [6.45, 7) is 3.92. The SMILES string of the molecule is Cc1cc(Nc2cncc(Nc3ccc(Cl)cc3C)n2)n[nH]1. The monoisotopic (exact) mass is 314 g/mol. The summed E-state index contributed by atoms with van der Waals surface area (Å²) in [5.74, 6) is 1.96. The molecule has 6 nitrogen and oxygen atoms in total. The van der Waals surface area contributed by atoms with Gasteiger partial charge in [0.1, 0.15) is 0 Å². The van der Waals surface area contributed by atoms with Crippen molar-refractivity contribution in [3.63, 3.8) is 0 Å². The first-order valence-corrected chi connectivity index (χ1v) is 7.12. The van der Waals surface area contributed by atoms with Crippen LogP contribution < -0.4 is 10.6 Å². The highest BCUT2D eigenvalue weighted by Crippen LogP contribution is 2.23. The Hall–Kier alpha value is -2.60. The van der Waals surface area contributed by atoms with E-state index < -0.39 is 0 Å². The van der Waals surface area contributed by atoms with E-state index in [1.165, 1.54) is 0 Å². The Balaban J connectivity index is 1.78. The number of benzene rings is 1. The lowest BCUT2D eigenvalue weighted by atomic mass is 10.2. The summed E-state index contributed by atoms with van der Waals surface area (Å²) < 4.78 is 0. The van der Waals surface area contributed by atoms with Crippen LogP contribution in [0, 0.1) is 13.8 Å². The lowest BCUT2D eigenvalue weighted by Gasteiger charge is -2.10. The Bertz CT molecular complexity index is 798. The highest BCUT2D eigenvalue weighted by Gasteiger charge is 2.04. The van der Waals surface area contributed by atoms with Gasteiger partial charge in [0.2, 0.25) is 0 Å². The molecule has 7 heteroatoms. The number of aryl methyl sites for hydroxylation is 2. The number of aromatic nitrogens is 4. The molecular weight excluding hydrogens is 300 g/mol. The standard InChI is InChI=1S/C15H15ClN6/c1-9-5-11(16)3-4-12(9)18-14-7-17-8-15(20-14)19-13-6-10(2)21-22-13/h3-8H,1-2H3,(H3,18,19,20,21,22). The summed E-state index contributed by atoms with van der Waals surface area (Å²) in [4.78, 5) is 8.64. The van der Waals surface area contributed by atoms with E-state index in [1.807, 2.05) is 38.1 Å². The molecule has 0 fully saturated rings. The fourth-order valence-corrected chi connectivity index (χ4v) is 2.23. The van der Waals surface area contributed by atoms with E-state index in [9.17, 15) is 0 Å². The van der Waals surface area contributed by atoms with Gasteiger partial charge in [-0.25, -0.2) is 4.98 Å². The Morgan fingerprint density at radius 3 is 2.45 bits per heavy atom. The van der Waals surface area contributed by atoms with Crippen LogP contribution in [0.5, 0.6) is 0 Å². The smallest absolute Gasteiger partial charge is 0.153 e. The first-order valence-electron chi connectivity index (χ1n) is 6.74. The molecule has 1 aromatic carbocycles. The van der Waals surface area contributed by atoms with Crippen LogP contribution in [-0.4, -0.2) is 20.2 Å². The van der Waals surface area contributed by atoms with E-state index in [4.69, 9.17) is 11.6 Å². The number of hydrogen-bond acceptors (Lipinski definition) is 5. The fourth-order valence-electron chi connectivity index (χ4n) is 2.01. The second-order valence-electron chi connectivity index (χ2n) is 4.93. The molecule has 0 unspecified atom stereocenters. The molecule has 0 aliphatic rings. The molecule has 0 atom stereocenters. The lowest BCUT2D eigenvalue weighted by molar-refractivity contribution is 1.05. The second kappa shape index (κ2) is 6.03.